The summed E-state index contributed by atoms with van der Waals surface area (Å²) in [7, 11) is 0. The summed E-state index contributed by atoms with van der Waals surface area (Å²) in [4.78, 5) is 15.2. The number of hydrogen-bond donors (Lipinski definition) is 0. The zero-order chi connectivity index (χ0) is 22.5. The van der Waals surface area contributed by atoms with Gasteiger partial charge in [0, 0.05) is 24.4 Å². The number of carbonyl (C=O) groups is 1. The maximum Gasteiger partial charge on any atom is 0.415 e. The van der Waals surface area contributed by atoms with Crippen LogP contribution in [0.15, 0.2) is 77.5 Å². The van der Waals surface area contributed by atoms with E-state index in [9.17, 15) is 4.79 Å². The number of rotatable bonds is 8. The standard InChI is InChI=1S/C27H31N2O3S/c30-27(28(19-22-13-18-33-21-22)24-7-3-1-4-8-24)32-26-20-29(14-11-23(26)12-15-29)16-17-31-25-9-5-2-6-10-25/h1-10,13,18,21,23,26H,11-12,14-17,19-20H2/q+1. The van der Waals surface area contributed by atoms with Gasteiger partial charge in [-0.3, -0.25) is 4.90 Å². The van der Waals surface area contributed by atoms with Gasteiger partial charge in [0.05, 0.1) is 19.6 Å². The number of piperidine rings is 3. The average molecular weight is 464 g/mol. The van der Waals surface area contributed by atoms with Crippen molar-refractivity contribution in [1.29, 1.82) is 0 Å². The monoisotopic (exact) mass is 463 g/mol. The number of thiophene rings is 1. The third kappa shape index (κ3) is 5.23. The predicted molar refractivity (Wildman–Crippen MR) is 132 cm³/mol. The fraction of sp³-hybridized carbons (Fsp3) is 0.370. The molecule has 2 bridgehead atoms. The summed E-state index contributed by atoms with van der Waals surface area (Å²) < 4.78 is 13.2. The van der Waals surface area contributed by atoms with Crippen molar-refractivity contribution in [3.05, 3.63) is 83.1 Å². The van der Waals surface area contributed by atoms with Gasteiger partial charge < -0.3 is 14.0 Å². The van der Waals surface area contributed by atoms with Gasteiger partial charge in [-0.25, -0.2) is 4.79 Å². The van der Waals surface area contributed by atoms with Crippen LogP contribution in [-0.2, 0) is 11.3 Å². The Balaban J connectivity index is 1.24. The van der Waals surface area contributed by atoms with Crippen molar-refractivity contribution in [3.8, 4) is 5.75 Å². The number of nitrogens with zero attached hydrogens (tertiary/aromatic N) is 2. The Morgan fingerprint density at radius 2 is 1.73 bits per heavy atom. The Kier molecular flexibility index (Phi) is 6.65. The second-order valence-electron chi connectivity index (χ2n) is 9.17. The number of anilines is 1. The van der Waals surface area contributed by atoms with E-state index in [4.69, 9.17) is 9.47 Å². The van der Waals surface area contributed by atoms with Crippen LogP contribution in [-0.4, -0.2) is 49.5 Å². The minimum Gasteiger partial charge on any atom is -0.488 e. The van der Waals surface area contributed by atoms with Gasteiger partial charge in [0.1, 0.15) is 25.4 Å². The minimum absolute atomic E-state index is 0.0367. The van der Waals surface area contributed by atoms with Crippen molar-refractivity contribution in [2.45, 2.75) is 25.5 Å². The number of hydrogen-bond acceptors (Lipinski definition) is 4. The topological polar surface area (TPSA) is 38.8 Å². The lowest BCUT2D eigenvalue weighted by atomic mass is 9.83. The Labute approximate surface area is 199 Å². The highest BCUT2D eigenvalue weighted by Gasteiger charge is 2.47. The largest absolute Gasteiger partial charge is 0.488 e. The smallest absolute Gasteiger partial charge is 0.415 e. The molecule has 3 aliphatic rings. The summed E-state index contributed by atoms with van der Waals surface area (Å²) in [6, 6.07) is 21.9. The Hall–Kier alpha value is -2.83. The van der Waals surface area contributed by atoms with Crippen molar-refractivity contribution in [3.63, 3.8) is 0 Å². The molecular formula is C27H31N2O3S+. The fourth-order valence-corrected chi connectivity index (χ4v) is 5.83. The first-order chi connectivity index (χ1) is 16.2. The van der Waals surface area contributed by atoms with E-state index in [1.807, 2.05) is 66.0 Å². The number of ether oxygens (including phenoxy) is 2. The molecule has 172 valence electrons. The molecule has 0 radical (unpaired) electrons. The summed E-state index contributed by atoms with van der Waals surface area (Å²) in [5.41, 5.74) is 1.99. The highest BCUT2D eigenvalue weighted by atomic mass is 32.1. The van der Waals surface area contributed by atoms with Crippen LogP contribution in [0.2, 0.25) is 0 Å². The lowest BCUT2D eigenvalue weighted by Gasteiger charge is -2.52. The van der Waals surface area contributed by atoms with Gasteiger partial charge in [0.2, 0.25) is 0 Å². The van der Waals surface area contributed by atoms with Gasteiger partial charge in [-0.2, -0.15) is 11.3 Å². The van der Waals surface area contributed by atoms with Gasteiger partial charge >= 0.3 is 6.09 Å². The number of quaternary nitrogens is 1. The molecule has 3 aliphatic heterocycles. The van der Waals surface area contributed by atoms with E-state index < -0.39 is 0 Å². The summed E-state index contributed by atoms with van der Waals surface area (Å²) >= 11 is 1.65. The molecule has 1 amide bonds. The van der Waals surface area contributed by atoms with Crippen molar-refractivity contribution in [1.82, 2.24) is 0 Å². The number of para-hydroxylation sites is 2. The molecular weight excluding hydrogens is 432 g/mol. The molecule has 4 heterocycles. The molecule has 6 heteroatoms. The SMILES string of the molecule is O=C(OC1C[N+]2(CCOc3ccccc3)CCC1CC2)N(Cc1ccsc1)c1ccccc1. The zero-order valence-corrected chi connectivity index (χ0v) is 19.7. The first kappa shape index (κ1) is 22.0. The molecule has 0 spiro atoms. The van der Waals surface area contributed by atoms with E-state index in [0.717, 1.165) is 60.5 Å². The van der Waals surface area contributed by atoms with Crippen LogP contribution in [0.3, 0.4) is 0 Å². The summed E-state index contributed by atoms with van der Waals surface area (Å²) in [5, 5.41) is 4.13. The van der Waals surface area contributed by atoms with Crippen molar-refractivity contribution < 1.29 is 18.8 Å². The lowest BCUT2D eigenvalue weighted by molar-refractivity contribution is -0.946. The first-order valence-electron chi connectivity index (χ1n) is 11.8. The molecule has 3 aromatic rings. The van der Waals surface area contributed by atoms with Gasteiger partial charge in [-0.1, -0.05) is 36.4 Å². The first-order valence-corrected chi connectivity index (χ1v) is 12.7. The highest BCUT2D eigenvalue weighted by molar-refractivity contribution is 7.07. The van der Waals surface area contributed by atoms with Crippen molar-refractivity contribution >= 4 is 23.1 Å². The highest BCUT2D eigenvalue weighted by Crippen LogP contribution is 2.36. The van der Waals surface area contributed by atoms with E-state index in [0.29, 0.717) is 19.1 Å². The normalized spacial score (nSPS) is 23.8. The van der Waals surface area contributed by atoms with E-state index in [2.05, 4.69) is 11.4 Å². The van der Waals surface area contributed by atoms with Crippen LogP contribution in [0, 0.1) is 5.92 Å². The molecule has 1 aromatic heterocycles. The van der Waals surface area contributed by atoms with Crippen molar-refractivity contribution in [2.24, 2.45) is 5.92 Å². The minimum atomic E-state index is -0.246. The van der Waals surface area contributed by atoms with Gasteiger partial charge in [0.25, 0.3) is 0 Å². The second kappa shape index (κ2) is 9.98. The van der Waals surface area contributed by atoms with Crippen LogP contribution in [0.4, 0.5) is 10.5 Å². The van der Waals surface area contributed by atoms with E-state index in [-0.39, 0.29) is 12.2 Å². The molecule has 33 heavy (non-hydrogen) atoms. The Morgan fingerprint density at radius 3 is 2.42 bits per heavy atom. The fourth-order valence-electron chi connectivity index (χ4n) is 5.17. The predicted octanol–water partition coefficient (Wildman–Crippen LogP) is 5.58. The Morgan fingerprint density at radius 1 is 1.00 bits per heavy atom. The lowest BCUT2D eigenvalue weighted by Crippen LogP contribution is -2.65. The van der Waals surface area contributed by atoms with E-state index in [1.165, 1.54) is 0 Å². The number of amides is 1. The quantitative estimate of drug-likeness (QED) is 0.410. The second-order valence-corrected chi connectivity index (χ2v) is 9.95. The van der Waals surface area contributed by atoms with Crippen LogP contribution < -0.4 is 9.64 Å². The molecule has 0 saturated carbocycles. The summed E-state index contributed by atoms with van der Waals surface area (Å²) in [5.74, 6) is 1.38. The van der Waals surface area contributed by atoms with Crippen molar-refractivity contribution in [2.75, 3.05) is 37.7 Å². The molecule has 2 aromatic carbocycles. The van der Waals surface area contributed by atoms with Crippen LogP contribution in [0.25, 0.3) is 0 Å². The summed E-state index contributed by atoms with van der Waals surface area (Å²) in [6.07, 6.45) is 1.94. The molecule has 5 nitrogen and oxygen atoms in total. The number of fused-ring (bicyclic) bond motifs is 3. The molecule has 1 atom stereocenters. The van der Waals surface area contributed by atoms with Gasteiger partial charge in [0.15, 0.2) is 6.10 Å². The van der Waals surface area contributed by atoms with Crippen LogP contribution in [0.5, 0.6) is 5.75 Å². The van der Waals surface area contributed by atoms with E-state index >= 15 is 0 Å². The third-order valence-electron chi connectivity index (χ3n) is 7.08. The van der Waals surface area contributed by atoms with Crippen LogP contribution in [0.1, 0.15) is 18.4 Å². The summed E-state index contributed by atoms with van der Waals surface area (Å²) in [6.45, 7) is 5.34. The molecule has 1 unspecified atom stereocenters. The number of carbonyl (C=O) groups excluding carboxylic acids is 1. The maximum atomic E-state index is 13.4. The molecule has 0 N–H and O–H groups in total. The molecule has 0 aliphatic carbocycles. The van der Waals surface area contributed by atoms with E-state index in [1.54, 1.807) is 16.2 Å². The maximum absolute atomic E-state index is 13.4. The average Bonchev–Trinajstić information content (AvgIpc) is 3.38. The van der Waals surface area contributed by atoms with Gasteiger partial charge in [-0.05, 0) is 46.7 Å². The third-order valence-corrected chi connectivity index (χ3v) is 7.81. The number of benzene rings is 2. The van der Waals surface area contributed by atoms with Gasteiger partial charge in [-0.15, -0.1) is 0 Å². The molecule has 3 fully saturated rings. The zero-order valence-electron chi connectivity index (χ0n) is 18.8. The molecule has 6 rings (SSSR count). The Bertz CT molecular complexity index is 1020. The van der Waals surface area contributed by atoms with Crippen LogP contribution >= 0.6 is 11.3 Å². The molecule has 3 saturated heterocycles.